The summed E-state index contributed by atoms with van der Waals surface area (Å²) in [4.78, 5) is 24.2. The first-order chi connectivity index (χ1) is 13.1. The number of hydrogen-bond donors (Lipinski definition) is 2. The number of nitrogens with two attached hydrogens (primary N) is 1. The summed E-state index contributed by atoms with van der Waals surface area (Å²) < 4.78 is 10.4. The first kappa shape index (κ1) is 18.6. The molecule has 3 rings (SSSR count). The lowest BCUT2D eigenvalue weighted by atomic mass is 10.2. The fraction of sp³-hybridized carbons (Fsp3) is 0.389. The predicted molar refractivity (Wildman–Crippen MR) is 104 cm³/mol. The van der Waals surface area contributed by atoms with Gasteiger partial charge in [0.15, 0.2) is 11.6 Å². The predicted octanol–water partition coefficient (Wildman–Crippen LogP) is 2.09. The van der Waals surface area contributed by atoms with E-state index >= 15 is 0 Å². The average molecular weight is 372 g/mol. The molecule has 0 atom stereocenters. The van der Waals surface area contributed by atoms with E-state index in [1.165, 1.54) is 6.33 Å². The van der Waals surface area contributed by atoms with Crippen LogP contribution in [0.1, 0.15) is 6.92 Å². The van der Waals surface area contributed by atoms with Crippen molar-refractivity contribution in [2.45, 2.75) is 6.92 Å². The Morgan fingerprint density at radius 1 is 1.22 bits per heavy atom. The number of benzene rings is 1. The lowest BCUT2D eigenvalue weighted by molar-refractivity contribution is 0.105. The monoisotopic (exact) mass is 372 g/mol. The molecule has 2 aromatic rings. The van der Waals surface area contributed by atoms with Crippen LogP contribution in [0.2, 0.25) is 0 Å². The Balaban J connectivity index is 1.73. The van der Waals surface area contributed by atoms with Gasteiger partial charge in [0.25, 0.3) is 0 Å². The number of methoxy groups -OCH3 is 1. The number of carbonyl (C=O) groups excluding carboxylic acids is 1. The van der Waals surface area contributed by atoms with E-state index in [0.29, 0.717) is 55.9 Å². The van der Waals surface area contributed by atoms with E-state index in [2.05, 4.69) is 15.3 Å². The van der Waals surface area contributed by atoms with Gasteiger partial charge in [-0.15, -0.1) is 0 Å². The average Bonchev–Trinajstić information content (AvgIpc) is 2.70. The van der Waals surface area contributed by atoms with Crippen molar-refractivity contribution in [1.29, 1.82) is 0 Å². The summed E-state index contributed by atoms with van der Waals surface area (Å²) in [5, 5.41) is 3.20. The molecule has 9 nitrogen and oxygen atoms in total. The zero-order chi connectivity index (χ0) is 19.2. The van der Waals surface area contributed by atoms with Crippen LogP contribution in [0, 0.1) is 0 Å². The van der Waals surface area contributed by atoms with E-state index in [1.54, 1.807) is 18.9 Å². The molecule has 0 radical (unpaired) electrons. The lowest BCUT2D eigenvalue weighted by Gasteiger charge is -2.35. The van der Waals surface area contributed by atoms with Gasteiger partial charge in [0.05, 0.1) is 19.4 Å². The SMILES string of the molecule is CCOC(=O)N1CCN(c2ncnc(Nc3ccccc3OC)c2N)CC1. The van der Waals surface area contributed by atoms with E-state index < -0.39 is 0 Å². The number of hydrogen-bond acceptors (Lipinski definition) is 8. The lowest BCUT2D eigenvalue weighted by Crippen LogP contribution is -2.49. The molecule has 1 aliphatic heterocycles. The Hall–Kier alpha value is -3.23. The van der Waals surface area contributed by atoms with Gasteiger partial charge >= 0.3 is 6.09 Å². The standard InChI is InChI=1S/C18H24N6O3/c1-3-27-18(25)24-10-8-23(9-11-24)17-15(19)16(20-12-21-17)22-13-6-4-5-7-14(13)26-2/h4-7,12H,3,8-11,19H2,1-2H3,(H,20,21,22). The van der Waals surface area contributed by atoms with Crippen molar-refractivity contribution in [2.75, 3.05) is 55.8 Å². The fourth-order valence-electron chi connectivity index (χ4n) is 2.93. The minimum absolute atomic E-state index is 0.286. The molecule has 0 spiro atoms. The molecule has 3 N–H and O–H groups in total. The Morgan fingerprint density at radius 3 is 2.67 bits per heavy atom. The smallest absolute Gasteiger partial charge is 0.409 e. The van der Waals surface area contributed by atoms with Crippen LogP contribution in [-0.4, -0.2) is 60.9 Å². The minimum Gasteiger partial charge on any atom is -0.495 e. The number of nitrogen functional groups attached to an aromatic ring is 1. The van der Waals surface area contributed by atoms with Crippen molar-refractivity contribution in [2.24, 2.45) is 0 Å². The number of nitrogens with zero attached hydrogens (tertiary/aromatic N) is 4. The second kappa shape index (κ2) is 8.43. The number of para-hydroxylation sites is 2. The molecule has 1 fully saturated rings. The Morgan fingerprint density at radius 2 is 1.96 bits per heavy atom. The van der Waals surface area contributed by atoms with Crippen molar-refractivity contribution < 1.29 is 14.3 Å². The summed E-state index contributed by atoms with van der Waals surface area (Å²) in [6, 6.07) is 7.53. The van der Waals surface area contributed by atoms with Crippen LogP contribution in [0.15, 0.2) is 30.6 Å². The summed E-state index contributed by atoms with van der Waals surface area (Å²) in [7, 11) is 1.61. The quantitative estimate of drug-likeness (QED) is 0.822. The zero-order valence-electron chi connectivity index (χ0n) is 15.5. The van der Waals surface area contributed by atoms with E-state index in [1.807, 2.05) is 29.2 Å². The molecule has 9 heteroatoms. The van der Waals surface area contributed by atoms with Crippen LogP contribution in [0.3, 0.4) is 0 Å². The molecular formula is C18H24N6O3. The molecule has 1 saturated heterocycles. The number of aromatic nitrogens is 2. The number of carbonyl (C=O) groups is 1. The van der Waals surface area contributed by atoms with Crippen LogP contribution in [0.25, 0.3) is 0 Å². The zero-order valence-corrected chi connectivity index (χ0v) is 15.5. The molecule has 27 heavy (non-hydrogen) atoms. The maximum atomic E-state index is 11.8. The Bertz CT molecular complexity index is 792. The van der Waals surface area contributed by atoms with Gasteiger partial charge in [0, 0.05) is 26.2 Å². The molecule has 2 heterocycles. The maximum Gasteiger partial charge on any atom is 0.409 e. The molecule has 144 valence electrons. The third-order valence-electron chi connectivity index (χ3n) is 4.33. The van der Waals surface area contributed by atoms with E-state index in [9.17, 15) is 4.79 Å². The van der Waals surface area contributed by atoms with Crippen molar-refractivity contribution in [3.05, 3.63) is 30.6 Å². The molecule has 1 aliphatic rings. The minimum atomic E-state index is -0.286. The molecule has 1 amide bonds. The highest BCUT2D eigenvalue weighted by molar-refractivity contribution is 5.80. The largest absolute Gasteiger partial charge is 0.495 e. The number of anilines is 4. The molecule has 1 aromatic carbocycles. The summed E-state index contributed by atoms with van der Waals surface area (Å²) in [5.41, 5.74) is 7.54. The first-order valence-electron chi connectivity index (χ1n) is 8.81. The molecular weight excluding hydrogens is 348 g/mol. The van der Waals surface area contributed by atoms with Gasteiger partial charge in [-0.25, -0.2) is 14.8 Å². The Kier molecular flexibility index (Phi) is 5.80. The van der Waals surface area contributed by atoms with Gasteiger partial charge in [-0.05, 0) is 19.1 Å². The molecule has 0 saturated carbocycles. The van der Waals surface area contributed by atoms with E-state index in [0.717, 1.165) is 5.69 Å². The van der Waals surface area contributed by atoms with Crippen LogP contribution >= 0.6 is 0 Å². The van der Waals surface area contributed by atoms with Crippen LogP contribution < -0.4 is 20.7 Å². The summed E-state index contributed by atoms with van der Waals surface area (Å²) in [6.45, 7) is 4.51. The fourth-order valence-corrected chi connectivity index (χ4v) is 2.93. The second-order valence-corrected chi connectivity index (χ2v) is 5.96. The summed E-state index contributed by atoms with van der Waals surface area (Å²) in [6.07, 6.45) is 1.19. The van der Waals surface area contributed by atoms with Gasteiger partial charge < -0.3 is 30.3 Å². The molecule has 0 aliphatic carbocycles. The van der Waals surface area contributed by atoms with Gasteiger partial charge in [0.1, 0.15) is 17.8 Å². The summed E-state index contributed by atoms with van der Waals surface area (Å²) in [5.74, 6) is 1.85. The van der Waals surface area contributed by atoms with Crippen molar-refractivity contribution in [3.63, 3.8) is 0 Å². The number of ether oxygens (including phenoxy) is 2. The van der Waals surface area contributed by atoms with Crippen molar-refractivity contribution >= 4 is 29.1 Å². The molecule has 0 bridgehead atoms. The van der Waals surface area contributed by atoms with Gasteiger partial charge in [-0.1, -0.05) is 12.1 Å². The number of rotatable bonds is 5. The van der Waals surface area contributed by atoms with Crippen molar-refractivity contribution in [3.8, 4) is 5.75 Å². The third kappa shape index (κ3) is 4.13. The first-order valence-corrected chi connectivity index (χ1v) is 8.81. The van der Waals surface area contributed by atoms with Crippen LogP contribution in [0.5, 0.6) is 5.75 Å². The van der Waals surface area contributed by atoms with Crippen LogP contribution in [-0.2, 0) is 4.74 Å². The van der Waals surface area contributed by atoms with E-state index in [-0.39, 0.29) is 6.09 Å². The molecule has 0 unspecified atom stereocenters. The molecule has 1 aromatic heterocycles. The van der Waals surface area contributed by atoms with Gasteiger partial charge in [0.2, 0.25) is 0 Å². The summed E-state index contributed by atoms with van der Waals surface area (Å²) >= 11 is 0. The number of piperazine rings is 1. The number of nitrogens with one attached hydrogen (secondary N) is 1. The topological polar surface area (TPSA) is 106 Å². The van der Waals surface area contributed by atoms with E-state index in [4.69, 9.17) is 15.2 Å². The van der Waals surface area contributed by atoms with Gasteiger partial charge in [-0.2, -0.15) is 0 Å². The normalized spacial score (nSPS) is 14.0. The maximum absolute atomic E-state index is 11.8. The highest BCUT2D eigenvalue weighted by Crippen LogP contribution is 2.32. The van der Waals surface area contributed by atoms with Crippen LogP contribution in [0.4, 0.5) is 27.8 Å². The Labute approximate surface area is 158 Å². The highest BCUT2D eigenvalue weighted by atomic mass is 16.6. The van der Waals surface area contributed by atoms with Crippen molar-refractivity contribution in [1.82, 2.24) is 14.9 Å². The van der Waals surface area contributed by atoms with Gasteiger partial charge in [-0.3, -0.25) is 0 Å². The number of amides is 1. The highest BCUT2D eigenvalue weighted by Gasteiger charge is 2.24. The third-order valence-corrected chi connectivity index (χ3v) is 4.33. The second-order valence-electron chi connectivity index (χ2n) is 5.96.